The molecule has 0 heterocycles. The molecule has 4 nitrogen and oxygen atoms in total. The monoisotopic (exact) mass is 313 g/mol. The maximum atomic E-state index is 12.1. The molecule has 110 valence electrons. The molecule has 0 atom stereocenters. The van der Waals surface area contributed by atoms with Crippen LogP contribution < -0.4 is 9.47 Å². The molecule has 0 saturated heterocycles. The number of nitriles is 1. The molecule has 0 aliphatic heterocycles. The third-order valence-corrected chi connectivity index (χ3v) is 3.07. The van der Waals surface area contributed by atoms with Crippen LogP contribution in [0.1, 0.15) is 15.9 Å². The van der Waals surface area contributed by atoms with Crippen molar-refractivity contribution in [1.29, 1.82) is 5.26 Å². The molecule has 0 N–H and O–H groups in total. The van der Waals surface area contributed by atoms with Crippen LogP contribution in [0.15, 0.2) is 48.5 Å². The van der Waals surface area contributed by atoms with E-state index in [-0.39, 0.29) is 0 Å². The summed E-state index contributed by atoms with van der Waals surface area (Å²) in [4.78, 5) is 12.1. The molecule has 0 aromatic heterocycles. The van der Waals surface area contributed by atoms with E-state index in [1.54, 1.807) is 48.5 Å². The van der Waals surface area contributed by atoms with E-state index in [0.717, 1.165) is 5.56 Å². The Hall–Kier alpha value is -2.77. The van der Waals surface area contributed by atoms with Crippen LogP contribution in [0, 0.1) is 11.3 Å². The van der Waals surface area contributed by atoms with Crippen molar-refractivity contribution in [1.82, 2.24) is 0 Å². The van der Waals surface area contributed by atoms with E-state index >= 15 is 0 Å². The van der Waals surface area contributed by atoms with Crippen molar-refractivity contribution in [3.05, 3.63) is 64.7 Å². The van der Waals surface area contributed by atoms with Gasteiger partial charge in [0.25, 0.3) is 0 Å². The number of benzene rings is 2. The predicted octanol–water partition coefficient (Wildman–Crippen LogP) is 4.10. The normalized spacial score (nSPS) is 10.2. The number of allylic oxidation sites excluding steroid dienone is 1. The zero-order valence-electron chi connectivity index (χ0n) is 11.7. The number of ether oxygens (including phenoxy) is 2. The lowest BCUT2D eigenvalue weighted by atomic mass is 10.2. The molecule has 0 radical (unpaired) electrons. The van der Waals surface area contributed by atoms with Crippen LogP contribution in [-0.2, 0) is 0 Å². The first-order valence-electron chi connectivity index (χ1n) is 6.36. The van der Waals surface area contributed by atoms with Gasteiger partial charge in [0.15, 0.2) is 11.5 Å². The van der Waals surface area contributed by atoms with Gasteiger partial charge in [-0.25, -0.2) is 4.79 Å². The maximum Gasteiger partial charge on any atom is 0.343 e. The van der Waals surface area contributed by atoms with Crippen molar-refractivity contribution < 1.29 is 14.3 Å². The third-order valence-electron chi connectivity index (χ3n) is 2.82. The van der Waals surface area contributed by atoms with Gasteiger partial charge in [-0.3, -0.25) is 0 Å². The van der Waals surface area contributed by atoms with E-state index in [0.29, 0.717) is 22.1 Å². The number of rotatable bonds is 4. The van der Waals surface area contributed by atoms with E-state index in [4.69, 9.17) is 26.3 Å². The number of hydrogen-bond acceptors (Lipinski definition) is 4. The quantitative estimate of drug-likeness (QED) is 0.484. The van der Waals surface area contributed by atoms with Crippen molar-refractivity contribution in [2.45, 2.75) is 0 Å². The first kappa shape index (κ1) is 15.6. The fraction of sp³-hybridized carbons (Fsp3) is 0.0588. The number of halogens is 1. The first-order chi connectivity index (χ1) is 10.6. The molecular weight excluding hydrogens is 302 g/mol. The van der Waals surface area contributed by atoms with Gasteiger partial charge in [0.2, 0.25) is 0 Å². The average Bonchev–Trinajstić information content (AvgIpc) is 2.54. The smallest absolute Gasteiger partial charge is 0.343 e. The Morgan fingerprint density at radius 1 is 1.18 bits per heavy atom. The number of nitrogens with zero attached hydrogens (tertiary/aromatic N) is 1. The number of hydrogen-bond donors (Lipinski definition) is 0. The predicted molar refractivity (Wildman–Crippen MR) is 84.1 cm³/mol. The van der Waals surface area contributed by atoms with Crippen LogP contribution >= 0.6 is 11.6 Å². The minimum Gasteiger partial charge on any atom is -0.493 e. The molecule has 0 unspecified atom stereocenters. The highest BCUT2D eigenvalue weighted by molar-refractivity contribution is 6.30. The van der Waals surface area contributed by atoms with Crippen molar-refractivity contribution in [3.8, 4) is 17.6 Å². The average molecular weight is 314 g/mol. The number of methoxy groups -OCH3 is 1. The second kappa shape index (κ2) is 7.30. The summed E-state index contributed by atoms with van der Waals surface area (Å²) in [5.74, 6) is 0.203. The van der Waals surface area contributed by atoms with Crippen LogP contribution in [0.3, 0.4) is 0 Å². The third kappa shape index (κ3) is 3.87. The topological polar surface area (TPSA) is 59.3 Å². The molecule has 0 amide bonds. The van der Waals surface area contributed by atoms with Gasteiger partial charge in [0.05, 0.1) is 18.7 Å². The van der Waals surface area contributed by atoms with Gasteiger partial charge < -0.3 is 9.47 Å². The van der Waals surface area contributed by atoms with Crippen molar-refractivity contribution in [2.75, 3.05) is 7.11 Å². The van der Waals surface area contributed by atoms with Gasteiger partial charge >= 0.3 is 5.97 Å². The van der Waals surface area contributed by atoms with Crippen LogP contribution in [0.4, 0.5) is 0 Å². The number of carbonyl (C=O) groups is 1. The first-order valence-corrected chi connectivity index (χ1v) is 6.74. The molecule has 0 spiro atoms. The summed E-state index contributed by atoms with van der Waals surface area (Å²) in [5, 5.41) is 9.07. The Bertz CT molecular complexity index is 745. The van der Waals surface area contributed by atoms with Gasteiger partial charge in [0, 0.05) is 11.1 Å². The van der Waals surface area contributed by atoms with Gasteiger partial charge in [-0.15, -0.1) is 0 Å². The Labute approximate surface area is 133 Å². The van der Waals surface area contributed by atoms with E-state index in [1.165, 1.54) is 13.2 Å². The highest BCUT2D eigenvalue weighted by atomic mass is 35.5. The fourth-order valence-corrected chi connectivity index (χ4v) is 1.88. The molecule has 2 rings (SSSR count). The summed E-state index contributed by atoms with van der Waals surface area (Å²) in [6.45, 7) is 0. The van der Waals surface area contributed by atoms with E-state index in [2.05, 4.69) is 0 Å². The van der Waals surface area contributed by atoms with E-state index in [9.17, 15) is 4.79 Å². The number of carbonyl (C=O) groups excluding carboxylic acids is 1. The van der Waals surface area contributed by atoms with Gasteiger partial charge in [0.1, 0.15) is 0 Å². The molecular formula is C17H12ClNO3. The second-order valence-electron chi connectivity index (χ2n) is 4.27. The highest BCUT2D eigenvalue weighted by Crippen LogP contribution is 2.29. The minimum atomic E-state index is -0.504. The summed E-state index contributed by atoms with van der Waals surface area (Å²) in [6.07, 6.45) is 2.99. The number of esters is 1. The molecule has 2 aromatic rings. The largest absolute Gasteiger partial charge is 0.493 e. The Balaban J connectivity index is 2.22. The molecule has 2 aromatic carbocycles. The lowest BCUT2D eigenvalue weighted by Gasteiger charge is -2.10. The Morgan fingerprint density at radius 2 is 1.91 bits per heavy atom. The zero-order valence-corrected chi connectivity index (χ0v) is 12.5. The SMILES string of the molecule is COc1cc(/C=C/C#N)ccc1OC(=O)c1ccc(Cl)cc1. The summed E-state index contributed by atoms with van der Waals surface area (Å²) in [5.41, 5.74) is 1.16. The van der Waals surface area contributed by atoms with Gasteiger partial charge in [-0.2, -0.15) is 5.26 Å². The van der Waals surface area contributed by atoms with Gasteiger partial charge in [-0.1, -0.05) is 17.7 Å². The van der Waals surface area contributed by atoms with Crippen LogP contribution in [0.5, 0.6) is 11.5 Å². The molecule has 0 bridgehead atoms. The molecule has 5 heteroatoms. The van der Waals surface area contributed by atoms with E-state index in [1.807, 2.05) is 6.07 Å². The highest BCUT2D eigenvalue weighted by Gasteiger charge is 2.12. The lowest BCUT2D eigenvalue weighted by molar-refractivity contribution is 0.0729. The van der Waals surface area contributed by atoms with Crippen LogP contribution in [-0.4, -0.2) is 13.1 Å². The van der Waals surface area contributed by atoms with Crippen molar-refractivity contribution in [3.63, 3.8) is 0 Å². The molecule has 22 heavy (non-hydrogen) atoms. The summed E-state index contributed by atoms with van der Waals surface area (Å²) in [6, 6.07) is 13.3. The molecule has 0 fully saturated rings. The molecule has 0 aliphatic rings. The lowest BCUT2D eigenvalue weighted by Crippen LogP contribution is -2.09. The zero-order chi connectivity index (χ0) is 15.9. The van der Waals surface area contributed by atoms with Crippen LogP contribution in [0.2, 0.25) is 5.02 Å². The standard InChI is InChI=1S/C17H12ClNO3/c1-21-16-11-12(3-2-10-19)4-9-15(16)22-17(20)13-5-7-14(18)8-6-13/h2-9,11H,1H3/b3-2+. The maximum absolute atomic E-state index is 12.1. The Kier molecular flexibility index (Phi) is 5.18. The van der Waals surface area contributed by atoms with Crippen LogP contribution in [0.25, 0.3) is 6.08 Å². The Morgan fingerprint density at radius 3 is 2.55 bits per heavy atom. The summed E-state index contributed by atoms with van der Waals surface area (Å²) >= 11 is 5.78. The summed E-state index contributed by atoms with van der Waals surface area (Å²) < 4.78 is 10.5. The van der Waals surface area contributed by atoms with Crippen molar-refractivity contribution in [2.24, 2.45) is 0 Å². The molecule has 0 aliphatic carbocycles. The summed E-state index contributed by atoms with van der Waals surface area (Å²) in [7, 11) is 1.48. The second-order valence-corrected chi connectivity index (χ2v) is 4.71. The fourth-order valence-electron chi connectivity index (χ4n) is 1.75. The minimum absolute atomic E-state index is 0.302. The van der Waals surface area contributed by atoms with E-state index < -0.39 is 5.97 Å². The van der Waals surface area contributed by atoms with Gasteiger partial charge in [-0.05, 0) is 48.0 Å². The van der Waals surface area contributed by atoms with Crippen molar-refractivity contribution >= 4 is 23.6 Å². The molecule has 0 saturated carbocycles.